The van der Waals surface area contributed by atoms with Crippen LogP contribution in [0.1, 0.15) is 341 Å². The Hall–Kier alpha value is -0.650. The number of nitrogens with one attached hydrogen (secondary N) is 1. The second-order valence-electron chi connectivity index (χ2n) is 20.6. The standard InChI is InChI=1S/C58H117NO4/c1-3-5-7-9-11-13-15-17-19-21-22-23-24-25-26-27-28-29-30-31-32-33-34-36-37-39-41-43-45-47-49-51-55(61)53-58(63)59-56(54-60)57(62)52-50-48-46-44-42-40-38-35-20-18-16-14-12-10-8-6-4-2/h55-57,60-62H,3-54H2,1-2H3,(H,59,63). The molecule has 0 heterocycles. The molecule has 0 spiro atoms. The molecule has 0 saturated carbocycles. The lowest BCUT2D eigenvalue weighted by molar-refractivity contribution is -0.125. The van der Waals surface area contributed by atoms with Crippen LogP contribution in [0.4, 0.5) is 0 Å². The highest BCUT2D eigenvalue weighted by atomic mass is 16.3. The minimum absolute atomic E-state index is 0.0436. The van der Waals surface area contributed by atoms with Crippen LogP contribution in [0.3, 0.4) is 0 Å². The molecule has 5 nitrogen and oxygen atoms in total. The van der Waals surface area contributed by atoms with Gasteiger partial charge in [0.15, 0.2) is 0 Å². The molecule has 0 aliphatic carbocycles. The summed E-state index contributed by atoms with van der Waals surface area (Å²) in [7, 11) is 0. The van der Waals surface area contributed by atoms with Gasteiger partial charge in [0.25, 0.3) is 0 Å². The average Bonchev–Trinajstić information content (AvgIpc) is 3.28. The molecule has 0 bridgehead atoms. The van der Waals surface area contributed by atoms with Crippen molar-refractivity contribution in [1.82, 2.24) is 5.32 Å². The van der Waals surface area contributed by atoms with Crippen LogP contribution in [-0.4, -0.2) is 46.1 Å². The maximum Gasteiger partial charge on any atom is 0.222 e. The highest BCUT2D eigenvalue weighted by molar-refractivity contribution is 5.76. The molecule has 5 heteroatoms. The lowest BCUT2D eigenvalue weighted by Crippen LogP contribution is -2.46. The monoisotopic (exact) mass is 892 g/mol. The Balaban J connectivity index is 3.44. The van der Waals surface area contributed by atoms with Gasteiger partial charge in [-0.05, 0) is 12.8 Å². The molecule has 0 aromatic carbocycles. The highest BCUT2D eigenvalue weighted by Gasteiger charge is 2.21. The Kier molecular flexibility index (Phi) is 53.4. The van der Waals surface area contributed by atoms with E-state index in [9.17, 15) is 20.1 Å². The second kappa shape index (κ2) is 54.0. The van der Waals surface area contributed by atoms with Crippen molar-refractivity contribution in [2.45, 2.75) is 360 Å². The highest BCUT2D eigenvalue weighted by Crippen LogP contribution is 2.19. The molecule has 0 rings (SSSR count). The molecule has 0 saturated heterocycles. The van der Waals surface area contributed by atoms with Gasteiger partial charge in [0.2, 0.25) is 5.91 Å². The molecular weight excluding hydrogens is 775 g/mol. The van der Waals surface area contributed by atoms with E-state index in [1.807, 2.05) is 0 Å². The van der Waals surface area contributed by atoms with Gasteiger partial charge in [0, 0.05) is 0 Å². The zero-order valence-corrected chi connectivity index (χ0v) is 43.3. The van der Waals surface area contributed by atoms with Gasteiger partial charge in [0.05, 0.1) is 31.3 Å². The smallest absolute Gasteiger partial charge is 0.222 e. The molecule has 0 aliphatic rings. The first-order valence-corrected chi connectivity index (χ1v) is 29.3. The van der Waals surface area contributed by atoms with Crippen molar-refractivity contribution in [2.75, 3.05) is 6.61 Å². The number of unbranched alkanes of at least 4 members (excludes halogenated alkanes) is 46. The second-order valence-corrected chi connectivity index (χ2v) is 20.6. The van der Waals surface area contributed by atoms with Crippen molar-refractivity contribution < 1.29 is 20.1 Å². The number of aliphatic hydroxyl groups is 3. The zero-order chi connectivity index (χ0) is 45.8. The normalized spacial score (nSPS) is 13.2. The van der Waals surface area contributed by atoms with Crippen molar-refractivity contribution >= 4 is 5.91 Å². The molecule has 0 fully saturated rings. The minimum atomic E-state index is -0.745. The van der Waals surface area contributed by atoms with Crippen molar-refractivity contribution in [3.63, 3.8) is 0 Å². The molecule has 0 aromatic heterocycles. The summed E-state index contributed by atoms with van der Waals surface area (Å²) < 4.78 is 0. The molecule has 4 N–H and O–H groups in total. The summed E-state index contributed by atoms with van der Waals surface area (Å²) in [6, 6.07) is -0.654. The first-order chi connectivity index (χ1) is 31.0. The Morgan fingerprint density at radius 2 is 0.540 bits per heavy atom. The maximum absolute atomic E-state index is 12.5. The molecule has 378 valence electrons. The summed E-state index contributed by atoms with van der Waals surface area (Å²) >= 11 is 0. The van der Waals surface area contributed by atoms with E-state index >= 15 is 0 Å². The van der Waals surface area contributed by atoms with Gasteiger partial charge in [-0.15, -0.1) is 0 Å². The van der Waals surface area contributed by atoms with Crippen LogP contribution in [-0.2, 0) is 4.79 Å². The van der Waals surface area contributed by atoms with Gasteiger partial charge < -0.3 is 20.6 Å². The van der Waals surface area contributed by atoms with Crippen LogP contribution in [0, 0.1) is 0 Å². The molecule has 0 aromatic rings. The number of amides is 1. The van der Waals surface area contributed by atoms with Crippen LogP contribution in [0.2, 0.25) is 0 Å². The van der Waals surface area contributed by atoms with E-state index < -0.39 is 18.2 Å². The molecule has 0 radical (unpaired) electrons. The Morgan fingerprint density at radius 1 is 0.333 bits per heavy atom. The lowest BCUT2D eigenvalue weighted by atomic mass is 10.0. The Labute approximate surface area is 396 Å². The molecule has 3 unspecified atom stereocenters. The maximum atomic E-state index is 12.5. The minimum Gasteiger partial charge on any atom is -0.394 e. The van der Waals surface area contributed by atoms with E-state index in [1.165, 1.54) is 283 Å². The molecule has 63 heavy (non-hydrogen) atoms. The third-order valence-corrected chi connectivity index (χ3v) is 14.2. The summed E-state index contributed by atoms with van der Waals surface area (Å²) in [5.74, 6) is -0.274. The van der Waals surface area contributed by atoms with Crippen LogP contribution in [0.25, 0.3) is 0 Å². The van der Waals surface area contributed by atoms with E-state index in [4.69, 9.17) is 0 Å². The number of hydrogen-bond donors (Lipinski definition) is 4. The van der Waals surface area contributed by atoms with Crippen molar-refractivity contribution in [1.29, 1.82) is 0 Å². The van der Waals surface area contributed by atoms with Gasteiger partial charge in [-0.3, -0.25) is 4.79 Å². The Morgan fingerprint density at radius 3 is 0.762 bits per heavy atom. The van der Waals surface area contributed by atoms with Crippen LogP contribution >= 0.6 is 0 Å². The summed E-state index contributed by atoms with van der Waals surface area (Å²) in [6.07, 6.45) is 65.6. The Bertz CT molecular complexity index is 853. The fourth-order valence-electron chi connectivity index (χ4n) is 9.70. The predicted molar refractivity (Wildman–Crippen MR) is 278 cm³/mol. The number of hydrogen-bond acceptors (Lipinski definition) is 4. The molecule has 1 amide bonds. The largest absolute Gasteiger partial charge is 0.394 e. The molecular formula is C58H117NO4. The average molecular weight is 893 g/mol. The van der Waals surface area contributed by atoms with Crippen LogP contribution < -0.4 is 5.32 Å². The third kappa shape index (κ3) is 50.6. The first-order valence-electron chi connectivity index (χ1n) is 29.3. The fourth-order valence-corrected chi connectivity index (χ4v) is 9.70. The SMILES string of the molecule is CCCCCCCCCCCCCCCCCCCCCCCCCCCCCCCCCC(O)CC(=O)NC(CO)C(O)CCCCCCCCCCCCCCCCCCC. The fraction of sp³-hybridized carbons (Fsp3) is 0.983. The first kappa shape index (κ1) is 62.4. The number of aliphatic hydroxyl groups excluding tert-OH is 3. The van der Waals surface area contributed by atoms with Gasteiger partial charge in [-0.25, -0.2) is 0 Å². The third-order valence-electron chi connectivity index (χ3n) is 14.2. The van der Waals surface area contributed by atoms with Crippen molar-refractivity contribution in [3.05, 3.63) is 0 Å². The van der Waals surface area contributed by atoms with E-state index in [2.05, 4.69) is 19.2 Å². The van der Waals surface area contributed by atoms with Crippen LogP contribution in [0.5, 0.6) is 0 Å². The van der Waals surface area contributed by atoms with Crippen molar-refractivity contribution in [3.8, 4) is 0 Å². The summed E-state index contributed by atoms with van der Waals surface area (Å²) in [4.78, 5) is 12.5. The van der Waals surface area contributed by atoms with E-state index in [-0.39, 0.29) is 18.9 Å². The number of carbonyl (C=O) groups is 1. The topological polar surface area (TPSA) is 89.8 Å². The van der Waals surface area contributed by atoms with Gasteiger partial charge in [-0.1, -0.05) is 322 Å². The van der Waals surface area contributed by atoms with Gasteiger partial charge in [0.1, 0.15) is 0 Å². The lowest BCUT2D eigenvalue weighted by Gasteiger charge is -2.23. The molecule has 3 atom stereocenters. The summed E-state index contributed by atoms with van der Waals surface area (Å²) in [5, 5.41) is 33.6. The quantitative estimate of drug-likeness (QED) is 0.0458. The summed E-state index contributed by atoms with van der Waals surface area (Å²) in [6.45, 7) is 4.31. The van der Waals surface area contributed by atoms with E-state index in [1.54, 1.807) is 0 Å². The van der Waals surface area contributed by atoms with Gasteiger partial charge in [-0.2, -0.15) is 0 Å². The number of carbonyl (C=O) groups excluding carboxylic acids is 1. The zero-order valence-electron chi connectivity index (χ0n) is 43.3. The summed E-state index contributed by atoms with van der Waals surface area (Å²) in [5.41, 5.74) is 0. The van der Waals surface area contributed by atoms with E-state index in [0.29, 0.717) is 12.8 Å². The van der Waals surface area contributed by atoms with Crippen molar-refractivity contribution in [2.24, 2.45) is 0 Å². The molecule has 0 aliphatic heterocycles. The predicted octanol–water partition coefficient (Wildman–Crippen LogP) is 18.1. The van der Waals surface area contributed by atoms with Gasteiger partial charge >= 0.3 is 0 Å². The van der Waals surface area contributed by atoms with E-state index in [0.717, 1.165) is 25.7 Å². The number of rotatable bonds is 55. The van der Waals surface area contributed by atoms with Crippen LogP contribution in [0.15, 0.2) is 0 Å².